The summed E-state index contributed by atoms with van der Waals surface area (Å²) >= 11 is 0. The lowest BCUT2D eigenvalue weighted by Crippen LogP contribution is -2.48. The van der Waals surface area contributed by atoms with Gasteiger partial charge in [-0.25, -0.2) is 0 Å². The van der Waals surface area contributed by atoms with Crippen molar-refractivity contribution < 1.29 is 23.3 Å². The molecule has 2 amide bonds. The maximum absolute atomic E-state index is 12.9. The molecule has 27 heavy (non-hydrogen) atoms. The van der Waals surface area contributed by atoms with Crippen LogP contribution in [-0.4, -0.2) is 70.6 Å². The zero-order chi connectivity index (χ0) is 19.0. The Kier molecular flexibility index (Phi) is 4.69. The Morgan fingerprint density at radius 1 is 1.37 bits per heavy atom. The van der Waals surface area contributed by atoms with E-state index in [0.29, 0.717) is 36.9 Å². The maximum atomic E-state index is 12.9. The van der Waals surface area contributed by atoms with Gasteiger partial charge < -0.3 is 23.5 Å². The molecule has 4 rings (SSSR count). The summed E-state index contributed by atoms with van der Waals surface area (Å²) in [6, 6.07) is 2.98. The summed E-state index contributed by atoms with van der Waals surface area (Å²) in [5.74, 6) is 1.07. The molecule has 144 valence electrons. The molecule has 3 atom stereocenters. The number of nitrogens with zero attached hydrogens (tertiary/aromatic N) is 4. The smallest absolute Gasteiger partial charge is 0.244 e. The van der Waals surface area contributed by atoms with Crippen molar-refractivity contribution in [3.05, 3.63) is 24.3 Å². The van der Waals surface area contributed by atoms with Gasteiger partial charge in [0.1, 0.15) is 6.04 Å². The quantitative estimate of drug-likeness (QED) is 0.772. The highest BCUT2D eigenvalue weighted by atomic mass is 16.5. The van der Waals surface area contributed by atoms with Gasteiger partial charge in [-0.05, 0) is 18.6 Å². The third-order valence-corrected chi connectivity index (χ3v) is 5.10. The molecule has 9 heteroatoms. The van der Waals surface area contributed by atoms with Crippen LogP contribution in [0.2, 0.25) is 0 Å². The molecule has 1 unspecified atom stereocenters. The first-order valence-electron chi connectivity index (χ1n) is 9.05. The lowest BCUT2D eigenvalue weighted by atomic mass is 10.1. The number of likely N-dealkylation sites (N-methyl/N-ethyl adjacent to an activating group) is 1. The van der Waals surface area contributed by atoms with Crippen molar-refractivity contribution in [3.8, 4) is 11.6 Å². The number of carbonyl (C=O) groups is 2. The number of hydrogen-bond acceptors (Lipinski definition) is 7. The molecular weight excluding hydrogens is 352 g/mol. The second-order valence-corrected chi connectivity index (χ2v) is 7.04. The summed E-state index contributed by atoms with van der Waals surface area (Å²) in [6.45, 7) is 0.623. The van der Waals surface area contributed by atoms with Gasteiger partial charge in [0.15, 0.2) is 5.76 Å². The van der Waals surface area contributed by atoms with Crippen LogP contribution in [0.15, 0.2) is 27.3 Å². The fourth-order valence-electron chi connectivity index (χ4n) is 3.83. The fourth-order valence-corrected chi connectivity index (χ4v) is 3.83. The van der Waals surface area contributed by atoms with Crippen LogP contribution < -0.4 is 0 Å². The molecule has 2 aromatic heterocycles. The van der Waals surface area contributed by atoms with Gasteiger partial charge in [-0.1, -0.05) is 5.16 Å². The van der Waals surface area contributed by atoms with Crippen LogP contribution in [0, 0.1) is 0 Å². The third-order valence-electron chi connectivity index (χ3n) is 5.10. The van der Waals surface area contributed by atoms with E-state index in [4.69, 9.17) is 13.7 Å². The number of aromatic nitrogens is 2. The average Bonchev–Trinajstić information content (AvgIpc) is 3.42. The van der Waals surface area contributed by atoms with E-state index in [1.165, 1.54) is 11.2 Å². The summed E-state index contributed by atoms with van der Waals surface area (Å²) in [7, 11) is 3.41. The van der Waals surface area contributed by atoms with Crippen LogP contribution >= 0.6 is 0 Å². The molecule has 2 aromatic rings. The molecule has 0 saturated carbocycles. The molecule has 0 aliphatic carbocycles. The lowest BCUT2D eigenvalue weighted by Gasteiger charge is -2.29. The molecule has 4 heterocycles. The van der Waals surface area contributed by atoms with Crippen molar-refractivity contribution in [1.82, 2.24) is 19.9 Å². The number of ether oxygens (including phenoxy) is 1. The summed E-state index contributed by atoms with van der Waals surface area (Å²) in [4.78, 5) is 32.9. The van der Waals surface area contributed by atoms with E-state index in [2.05, 4.69) is 10.1 Å². The Bertz CT molecular complexity index is 816. The van der Waals surface area contributed by atoms with E-state index in [-0.39, 0.29) is 30.4 Å². The highest BCUT2D eigenvalue weighted by Crippen LogP contribution is 2.35. The van der Waals surface area contributed by atoms with Crippen molar-refractivity contribution in [1.29, 1.82) is 0 Å². The molecule has 0 N–H and O–H groups in total. The molecule has 0 bridgehead atoms. The number of fused-ring (bicyclic) bond motifs is 1. The van der Waals surface area contributed by atoms with Gasteiger partial charge >= 0.3 is 0 Å². The molecule has 0 radical (unpaired) electrons. The van der Waals surface area contributed by atoms with E-state index in [0.717, 1.165) is 6.42 Å². The Hall–Kier alpha value is -2.68. The van der Waals surface area contributed by atoms with Gasteiger partial charge in [-0.15, -0.1) is 0 Å². The number of amides is 2. The minimum atomic E-state index is -0.468. The van der Waals surface area contributed by atoms with Crippen molar-refractivity contribution in [2.45, 2.75) is 43.9 Å². The van der Waals surface area contributed by atoms with Gasteiger partial charge in [0.25, 0.3) is 0 Å². The predicted octanol–water partition coefficient (Wildman–Crippen LogP) is 1.11. The zero-order valence-corrected chi connectivity index (χ0v) is 15.3. The van der Waals surface area contributed by atoms with Gasteiger partial charge in [-0.2, -0.15) is 4.98 Å². The highest BCUT2D eigenvalue weighted by Gasteiger charge is 2.49. The first-order valence-corrected chi connectivity index (χ1v) is 9.05. The summed E-state index contributed by atoms with van der Waals surface area (Å²) in [5.41, 5.74) is 0. The second-order valence-electron chi connectivity index (χ2n) is 7.04. The number of likely N-dealkylation sites (tertiary alicyclic amines) is 1. The Labute approximate surface area is 156 Å². The van der Waals surface area contributed by atoms with Crippen molar-refractivity contribution in [3.63, 3.8) is 0 Å². The normalized spacial score (nSPS) is 24.2. The monoisotopic (exact) mass is 374 g/mol. The molecule has 0 aromatic carbocycles. The first kappa shape index (κ1) is 17.7. The largest absolute Gasteiger partial charge is 0.461 e. The van der Waals surface area contributed by atoms with Gasteiger partial charge in [-0.3, -0.25) is 9.59 Å². The topological polar surface area (TPSA) is 102 Å². The summed E-state index contributed by atoms with van der Waals surface area (Å²) < 4.78 is 16.2. The van der Waals surface area contributed by atoms with E-state index >= 15 is 0 Å². The highest BCUT2D eigenvalue weighted by molar-refractivity contribution is 5.88. The molecular formula is C18H22N4O5. The van der Waals surface area contributed by atoms with Crippen LogP contribution in [0.4, 0.5) is 0 Å². The van der Waals surface area contributed by atoms with Crippen molar-refractivity contribution >= 4 is 11.8 Å². The number of carbonyl (C=O) groups excluding carboxylic acids is 2. The lowest BCUT2D eigenvalue weighted by molar-refractivity contribution is -0.144. The van der Waals surface area contributed by atoms with E-state index in [1.54, 1.807) is 31.1 Å². The molecule has 9 nitrogen and oxygen atoms in total. The standard InChI is InChI=1S/C18H22N4O5/c1-21(2)18(24)12-10-14-11(7-9-26-14)22(12)16(23)6-5-15-19-17(20-27-15)13-4-3-8-25-13/h3-4,8,11-12,14H,5-7,9-10H2,1-2H3/t11-,12?,14-/m0/s1. The molecule has 0 spiro atoms. The second kappa shape index (κ2) is 7.15. The number of rotatable bonds is 5. The first-order chi connectivity index (χ1) is 13.0. The summed E-state index contributed by atoms with van der Waals surface area (Å²) in [6.07, 6.45) is 3.29. The Morgan fingerprint density at radius 2 is 2.22 bits per heavy atom. The Morgan fingerprint density at radius 3 is 2.96 bits per heavy atom. The average molecular weight is 374 g/mol. The number of hydrogen-bond donors (Lipinski definition) is 0. The summed E-state index contributed by atoms with van der Waals surface area (Å²) in [5, 5.41) is 3.87. The molecule has 2 aliphatic rings. The van der Waals surface area contributed by atoms with E-state index in [1.807, 2.05) is 0 Å². The van der Waals surface area contributed by atoms with Gasteiger partial charge in [0.2, 0.25) is 23.5 Å². The van der Waals surface area contributed by atoms with Gasteiger partial charge in [0.05, 0.1) is 18.4 Å². The van der Waals surface area contributed by atoms with Gasteiger partial charge in [0, 0.05) is 40.0 Å². The third kappa shape index (κ3) is 3.34. The van der Waals surface area contributed by atoms with Crippen LogP contribution in [0.5, 0.6) is 0 Å². The Balaban J connectivity index is 1.43. The fraction of sp³-hybridized carbons (Fsp3) is 0.556. The van der Waals surface area contributed by atoms with Crippen molar-refractivity contribution in [2.75, 3.05) is 20.7 Å². The van der Waals surface area contributed by atoms with E-state index < -0.39 is 6.04 Å². The maximum Gasteiger partial charge on any atom is 0.244 e. The SMILES string of the molecule is CN(C)C(=O)C1C[C@@H]2OCC[C@@H]2N1C(=O)CCc1nc(-c2ccco2)no1. The van der Waals surface area contributed by atoms with Crippen LogP contribution in [-0.2, 0) is 20.7 Å². The minimum absolute atomic E-state index is 0.0345. The number of furan rings is 1. The van der Waals surface area contributed by atoms with Crippen LogP contribution in [0.1, 0.15) is 25.2 Å². The predicted molar refractivity (Wildman–Crippen MR) is 92.4 cm³/mol. The molecule has 2 aliphatic heterocycles. The molecule has 2 saturated heterocycles. The molecule has 2 fully saturated rings. The zero-order valence-electron chi connectivity index (χ0n) is 15.3. The van der Waals surface area contributed by atoms with Crippen molar-refractivity contribution in [2.24, 2.45) is 0 Å². The number of aryl methyl sites for hydroxylation is 1. The van der Waals surface area contributed by atoms with Crippen LogP contribution in [0.3, 0.4) is 0 Å². The van der Waals surface area contributed by atoms with Crippen LogP contribution in [0.25, 0.3) is 11.6 Å². The minimum Gasteiger partial charge on any atom is -0.461 e. The van der Waals surface area contributed by atoms with E-state index in [9.17, 15) is 9.59 Å².